The number of aryl methyl sites for hydroxylation is 1. The van der Waals surface area contributed by atoms with Crippen LogP contribution in [0.5, 0.6) is 5.75 Å². The van der Waals surface area contributed by atoms with E-state index < -0.39 is 4.92 Å². The van der Waals surface area contributed by atoms with Crippen LogP contribution in [0.15, 0.2) is 24.3 Å². The minimum absolute atomic E-state index is 0.0958. The molecule has 116 valence electrons. The molecule has 1 aromatic heterocycles. The highest BCUT2D eigenvalue weighted by Crippen LogP contribution is 2.29. The number of non-ortho nitro benzene ring substituents is 1. The van der Waals surface area contributed by atoms with Gasteiger partial charge in [0.25, 0.3) is 11.6 Å². The number of methoxy groups -OCH3 is 1. The summed E-state index contributed by atoms with van der Waals surface area (Å²) < 4.78 is 7.03. The topological polar surface area (TPSA) is 86.4 Å². The molecule has 1 heterocycles. The maximum atomic E-state index is 12.4. The Morgan fingerprint density at radius 2 is 2.00 bits per heavy atom. The number of nitrogens with one attached hydrogen (secondary N) is 1. The quantitative estimate of drug-likeness (QED) is 0.695. The molecule has 0 saturated carbocycles. The van der Waals surface area contributed by atoms with Gasteiger partial charge in [-0.2, -0.15) is 0 Å². The van der Waals surface area contributed by atoms with Crippen molar-refractivity contribution in [3.63, 3.8) is 0 Å². The molecule has 0 bridgehead atoms. The van der Waals surface area contributed by atoms with Crippen LogP contribution in [0.25, 0.3) is 0 Å². The van der Waals surface area contributed by atoms with Crippen LogP contribution in [-0.2, 0) is 7.05 Å². The molecule has 0 aliphatic carbocycles. The fourth-order valence-electron chi connectivity index (χ4n) is 2.17. The van der Waals surface area contributed by atoms with Crippen LogP contribution >= 0.6 is 0 Å². The van der Waals surface area contributed by atoms with Gasteiger partial charge >= 0.3 is 0 Å². The molecule has 7 heteroatoms. The number of amides is 1. The minimum atomic E-state index is -0.515. The number of benzene rings is 1. The third-order valence-corrected chi connectivity index (χ3v) is 3.66. The summed E-state index contributed by atoms with van der Waals surface area (Å²) in [5, 5.41) is 13.5. The van der Waals surface area contributed by atoms with E-state index in [9.17, 15) is 14.9 Å². The third kappa shape index (κ3) is 2.78. The minimum Gasteiger partial charge on any atom is -0.494 e. The van der Waals surface area contributed by atoms with E-state index in [0.717, 1.165) is 11.4 Å². The summed E-state index contributed by atoms with van der Waals surface area (Å²) >= 11 is 0. The molecule has 0 unspecified atom stereocenters. The highest BCUT2D eigenvalue weighted by atomic mass is 16.6. The molecular weight excluding hydrogens is 286 g/mol. The first-order valence-electron chi connectivity index (χ1n) is 6.62. The van der Waals surface area contributed by atoms with E-state index in [1.54, 1.807) is 6.07 Å². The summed E-state index contributed by atoms with van der Waals surface area (Å²) in [6.07, 6.45) is 0. The first-order valence-corrected chi connectivity index (χ1v) is 6.62. The van der Waals surface area contributed by atoms with Crippen molar-refractivity contribution >= 4 is 17.3 Å². The van der Waals surface area contributed by atoms with Crippen molar-refractivity contribution in [1.29, 1.82) is 0 Å². The van der Waals surface area contributed by atoms with Crippen molar-refractivity contribution in [2.45, 2.75) is 13.8 Å². The zero-order chi connectivity index (χ0) is 16.4. The van der Waals surface area contributed by atoms with Crippen molar-refractivity contribution in [3.05, 3.63) is 51.3 Å². The van der Waals surface area contributed by atoms with E-state index in [0.29, 0.717) is 11.3 Å². The number of carbonyl (C=O) groups is 1. The van der Waals surface area contributed by atoms with Crippen LogP contribution in [-0.4, -0.2) is 22.5 Å². The molecule has 2 rings (SSSR count). The zero-order valence-corrected chi connectivity index (χ0v) is 12.8. The van der Waals surface area contributed by atoms with Crippen LogP contribution in [0, 0.1) is 24.0 Å². The van der Waals surface area contributed by atoms with Gasteiger partial charge in [0.05, 0.1) is 29.4 Å². The summed E-state index contributed by atoms with van der Waals surface area (Å²) in [4.78, 5) is 22.6. The number of hydrogen-bond donors (Lipinski definition) is 1. The van der Waals surface area contributed by atoms with Gasteiger partial charge in [-0.1, -0.05) is 0 Å². The van der Waals surface area contributed by atoms with E-state index in [1.165, 1.54) is 25.3 Å². The Bertz CT molecular complexity index is 749. The number of nitro benzene ring substituents is 1. The van der Waals surface area contributed by atoms with Gasteiger partial charge < -0.3 is 14.6 Å². The molecule has 0 aliphatic rings. The Balaban J connectivity index is 2.32. The second kappa shape index (κ2) is 5.88. The lowest BCUT2D eigenvalue weighted by Gasteiger charge is -2.10. The normalized spacial score (nSPS) is 10.4. The highest BCUT2D eigenvalue weighted by molar-refractivity contribution is 6.06. The summed E-state index contributed by atoms with van der Waals surface area (Å²) in [5.41, 5.74) is 2.66. The molecule has 7 nitrogen and oxygen atoms in total. The Hall–Kier alpha value is -2.83. The maximum absolute atomic E-state index is 12.4. The number of anilines is 1. The molecule has 1 aromatic carbocycles. The van der Waals surface area contributed by atoms with E-state index in [4.69, 9.17) is 4.74 Å². The maximum Gasteiger partial charge on any atom is 0.273 e. The van der Waals surface area contributed by atoms with Gasteiger partial charge in [-0.15, -0.1) is 0 Å². The van der Waals surface area contributed by atoms with Crippen molar-refractivity contribution in [2.75, 3.05) is 12.4 Å². The van der Waals surface area contributed by atoms with Crippen molar-refractivity contribution in [3.8, 4) is 5.75 Å². The highest BCUT2D eigenvalue weighted by Gasteiger charge is 2.17. The number of aromatic nitrogens is 1. The molecule has 0 saturated heterocycles. The van der Waals surface area contributed by atoms with E-state index in [-0.39, 0.29) is 17.3 Å². The van der Waals surface area contributed by atoms with E-state index >= 15 is 0 Å². The third-order valence-electron chi connectivity index (χ3n) is 3.66. The Morgan fingerprint density at radius 3 is 2.50 bits per heavy atom. The average molecular weight is 303 g/mol. The second-order valence-electron chi connectivity index (χ2n) is 4.94. The summed E-state index contributed by atoms with van der Waals surface area (Å²) in [5.74, 6) is -0.0405. The monoisotopic (exact) mass is 303 g/mol. The molecule has 22 heavy (non-hydrogen) atoms. The van der Waals surface area contributed by atoms with E-state index in [1.807, 2.05) is 25.5 Å². The smallest absolute Gasteiger partial charge is 0.273 e. The van der Waals surface area contributed by atoms with Gasteiger partial charge in [-0.05, 0) is 26.0 Å². The molecule has 0 fully saturated rings. The molecule has 0 aliphatic heterocycles. The first kappa shape index (κ1) is 15.6. The van der Waals surface area contributed by atoms with Gasteiger partial charge in [0.1, 0.15) is 5.75 Å². The average Bonchev–Trinajstić information content (AvgIpc) is 2.75. The number of rotatable bonds is 4. The van der Waals surface area contributed by atoms with Crippen molar-refractivity contribution in [2.24, 2.45) is 7.05 Å². The van der Waals surface area contributed by atoms with Crippen molar-refractivity contribution < 1.29 is 14.5 Å². The predicted molar refractivity (Wildman–Crippen MR) is 82.5 cm³/mol. The zero-order valence-electron chi connectivity index (χ0n) is 12.8. The van der Waals surface area contributed by atoms with Gasteiger partial charge in [0.2, 0.25) is 0 Å². The standard InChI is InChI=1S/C15H17N3O4/c1-9-7-12(10(2)17(9)3)15(19)16-13-6-5-11(18(20)21)8-14(13)22-4/h5-8H,1-4H3,(H,16,19). The van der Waals surface area contributed by atoms with Gasteiger partial charge in [-0.25, -0.2) is 0 Å². The number of nitro groups is 1. The molecule has 0 atom stereocenters. The lowest BCUT2D eigenvalue weighted by Crippen LogP contribution is -2.13. The fourth-order valence-corrected chi connectivity index (χ4v) is 2.17. The summed E-state index contributed by atoms with van der Waals surface area (Å²) in [7, 11) is 3.28. The van der Waals surface area contributed by atoms with Crippen LogP contribution in [0.1, 0.15) is 21.7 Å². The second-order valence-corrected chi connectivity index (χ2v) is 4.94. The number of hydrogen-bond acceptors (Lipinski definition) is 4. The van der Waals surface area contributed by atoms with Gasteiger partial charge in [0.15, 0.2) is 0 Å². The first-order chi connectivity index (χ1) is 10.3. The van der Waals surface area contributed by atoms with Crippen LogP contribution < -0.4 is 10.1 Å². The van der Waals surface area contributed by atoms with Crippen LogP contribution in [0.3, 0.4) is 0 Å². The van der Waals surface area contributed by atoms with E-state index in [2.05, 4.69) is 5.32 Å². The fraction of sp³-hybridized carbons (Fsp3) is 0.267. The van der Waals surface area contributed by atoms with Crippen LogP contribution in [0.2, 0.25) is 0 Å². The lowest BCUT2D eigenvalue weighted by molar-refractivity contribution is -0.384. The largest absolute Gasteiger partial charge is 0.494 e. The Kier molecular flexibility index (Phi) is 4.16. The molecule has 1 N–H and O–H groups in total. The Morgan fingerprint density at radius 1 is 1.32 bits per heavy atom. The molecule has 1 amide bonds. The molecule has 0 spiro atoms. The van der Waals surface area contributed by atoms with Crippen LogP contribution in [0.4, 0.5) is 11.4 Å². The number of ether oxygens (including phenoxy) is 1. The summed E-state index contributed by atoms with van der Waals surface area (Å²) in [6, 6.07) is 5.85. The van der Waals surface area contributed by atoms with Gasteiger partial charge in [-0.3, -0.25) is 14.9 Å². The van der Waals surface area contributed by atoms with Gasteiger partial charge in [0, 0.05) is 24.5 Å². The predicted octanol–water partition coefficient (Wildman–Crippen LogP) is 2.81. The molecule has 2 aromatic rings. The lowest BCUT2D eigenvalue weighted by atomic mass is 10.2. The Labute approximate surface area is 127 Å². The molecule has 0 radical (unpaired) electrons. The van der Waals surface area contributed by atoms with Crippen molar-refractivity contribution in [1.82, 2.24) is 4.57 Å². The SMILES string of the molecule is COc1cc([N+](=O)[O-])ccc1NC(=O)c1cc(C)n(C)c1C. The summed E-state index contributed by atoms with van der Waals surface area (Å²) in [6.45, 7) is 3.77. The molecular formula is C15H17N3O4. The number of carbonyl (C=O) groups excluding carboxylic acids is 1. The number of nitrogens with zero attached hydrogens (tertiary/aromatic N) is 2.